The van der Waals surface area contributed by atoms with Crippen molar-refractivity contribution >= 4 is 0 Å². The topological polar surface area (TPSA) is 12.5 Å². The van der Waals surface area contributed by atoms with Gasteiger partial charge in [-0.2, -0.15) is 0 Å². The average Bonchev–Trinajstić information content (AvgIpc) is 2.61. The first kappa shape index (κ1) is 9.79. The van der Waals surface area contributed by atoms with E-state index in [1.165, 1.54) is 12.0 Å². The van der Waals surface area contributed by atoms with Crippen LogP contribution in [0.5, 0.6) is 0 Å². The third-order valence-corrected chi connectivity index (χ3v) is 2.60. The molecule has 0 N–H and O–H groups in total. The van der Waals surface area contributed by atoms with Gasteiger partial charge in [-0.3, -0.25) is 0 Å². The Morgan fingerprint density at radius 1 is 1.50 bits per heavy atom. The third kappa shape index (κ3) is 2.34. The fourth-order valence-corrected chi connectivity index (χ4v) is 1.67. The lowest BCUT2D eigenvalue weighted by Crippen LogP contribution is -2.08. The van der Waals surface area contributed by atoms with Gasteiger partial charge in [0.15, 0.2) is 0 Å². The first-order chi connectivity index (χ1) is 5.58. The van der Waals surface area contributed by atoms with Gasteiger partial charge in [0.25, 0.3) is 0 Å². The lowest BCUT2D eigenvalue weighted by atomic mass is 9.99. The molecule has 1 heterocycles. The van der Waals surface area contributed by atoms with Crippen LogP contribution in [0.25, 0.3) is 0 Å². The van der Waals surface area contributed by atoms with E-state index in [4.69, 9.17) is 4.74 Å². The highest BCUT2D eigenvalue weighted by atomic mass is 16.6. The second-order valence-electron chi connectivity index (χ2n) is 4.15. The zero-order valence-corrected chi connectivity index (χ0v) is 8.68. The molecule has 0 radical (unpaired) electrons. The monoisotopic (exact) mass is 168 g/mol. The molecule has 1 fully saturated rings. The molecule has 0 unspecified atom stereocenters. The Morgan fingerprint density at radius 2 is 2.17 bits per heavy atom. The van der Waals surface area contributed by atoms with Crippen molar-refractivity contribution < 1.29 is 4.74 Å². The van der Waals surface area contributed by atoms with Gasteiger partial charge in [0, 0.05) is 0 Å². The van der Waals surface area contributed by atoms with Crippen LogP contribution in [0.4, 0.5) is 0 Å². The van der Waals surface area contributed by atoms with E-state index < -0.39 is 0 Å². The minimum atomic E-state index is 0.209. The maximum Gasteiger partial charge on any atom is 0.0923 e. The SMILES string of the molecule is CC[C@@H]1O[C@@]1(C)CCC=C(C)C. The van der Waals surface area contributed by atoms with Crippen molar-refractivity contribution in [3.8, 4) is 0 Å². The quantitative estimate of drug-likeness (QED) is 0.463. The molecule has 70 valence electrons. The standard InChI is InChI=1S/C11H20O/c1-5-10-11(4,12-10)8-6-7-9(2)3/h7,10H,5-6,8H2,1-4H3/t10-,11-/m0/s1. The molecule has 0 saturated carbocycles. The Morgan fingerprint density at radius 3 is 2.58 bits per heavy atom. The van der Waals surface area contributed by atoms with Gasteiger partial charge in [-0.05, 0) is 40.0 Å². The number of allylic oxidation sites excluding steroid dienone is 2. The van der Waals surface area contributed by atoms with E-state index in [2.05, 4.69) is 33.8 Å². The fraction of sp³-hybridized carbons (Fsp3) is 0.818. The first-order valence-electron chi connectivity index (χ1n) is 4.89. The zero-order chi connectivity index (χ0) is 9.19. The van der Waals surface area contributed by atoms with Gasteiger partial charge in [-0.1, -0.05) is 18.6 Å². The third-order valence-electron chi connectivity index (χ3n) is 2.60. The molecule has 0 bridgehead atoms. The van der Waals surface area contributed by atoms with Gasteiger partial charge in [-0.15, -0.1) is 0 Å². The normalized spacial score (nSPS) is 33.2. The van der Waals surface area contributed by atoms with Crippen LogP contribution in [-0.4, -0.2) is 11.7 Å². The molecule has 1 heteroatoms. The van der Waals surface area contributed by atoms with Crippen LogP contribution < -0.4 is 0 Å². The molecule has 1 aliphatic rings. The van der Waals surface area contributed by atoms with Crippen molar-refractivity contribution in [1.29, 1.82) is 0 Å². The van der Waals surface area contributed by atoms with E-state index >= 15 is 0 Å². The molecule has 0 aromatic heterocycles. The van der Waals surface area contributed by atoms with Gasteiger partial charge < -0.3 is 4.74 Å². The highest BCUT2D eigenvalue weighted by Crippen LogP contribution is 2.42. The maximum absolute atomic E-state index is 5.61. The summed E-state index contributed by atoms with van der Waals surface area (Å²) in [5, 5.41) is 0. The number of epoxide rings is 1. The second kappa shape index (κ2) is 3.61. The number of rotatable bonds is 4. The van der Waals surface area contributed by atoms with Crippen molar-refractivity contribution in [3.63, 3.8) is 0 Å². The second-order valence-corrected chi connectivity index (χ2v) is 4.15. The summed E-state index contributed by atoms with van der Waals surface area (Å²) in [5.74, 6) is 0. The molecule has 12 heavy (non-hydrogen) atoms. The smallest absolute Gasteiger partial charge is 0.0923 e. The summed E-state index contributed by atoms with van der Waals surface area (Å²) in [4.78, 5) is 0. The van der Waals surface area contributed by atoms with Gasteiger partial charge in [0.2, 0.25) is 0 Å². The van der Waals surface area contributed by atoms with E-state index in [0.717, 1.165) is 12.8 Å². The van der Waals surface area contributed by atoms with E-state index in [0.29, 0.717) is 6.10 Å². The Kier molecular flexibility index (Phi) is 2.94. The summed E-state index contributed by atoms with van der Waals surface area (Å²) in [6.45, 7) is 8.71. The van der Waals surface area contributed by atoms with Gasteiger partial charge in [0.05, 0.1) is 11.7 Å². The van der Waals surface area contributed by atoms with Crippen molar-refractivity contribution in [2.45, 2.75) is 58.7 Å². The first-order valence-corrected chi connectivity index (χ1v) is 4.89. The van der Waals surface area contributed by atoms with Crippen LogP contribution >= 0.6 is 0 Å². The molecule has 1 rings (SSSR count). The molecule has 0 spiro atoms. The largest absolute Gasteiger partial charge is 0.366 e. The van der Waals surface area contributed by atoms with Gasteiger partial charge >= 0.3 is 0 Å². The molecule has 0 aromatic carbocycles. The van der Waals surface area contributed by atoms with Crippen LogP contribution in [0.3, 0.4) is 0 Å². The van der Waals surface area contributed by atoms with E-state index in [-0.39, 0.29) is 5.60 Å². The maximum atomic E-state index is 5.61. The van der Waals surface area contributed by atoms with Crippen LogP contribution in [-0.2, 0) is 4.74 Å². The molecular weight excluding hydrogens is 148 g/mol. The van der Waals surface area contributed by atoms with E-state index in [1.807, 2.05) is 0 Å². The van der Waals surface area contributed by atoms with Gasteiger partial charge in [-0.25, -0.2) is 0 Å². The van der Waals surface area contributed by atoms with Crippen LogP contribution in [0.2, 0.25) is 0 Å². The fourth-order valence-electron chi connectivity index (χ4n) is 1.67. The number of ether oxygens (including phenoxy) is 1. The Balaban J connectivity index is 2.21. The van der Waals surface area contributed by atoms with Crippen LogP contribution in [0.1, 0.15) is 47.0 Å². The summed E-state index contributed by atoms with van der Waals surface area (Å²) in [5.41, 5.74) is 1.62. The van der Waals surface area contributed by atoms with Crippen molar-refractivity contribution in [2.24, 2.45) is 0 Å². The Bertz CT molecular complexity index is 179. The summed E-state index contributed by atoms with van der Waals surface area (Å²) in [7, 11) is 0. The van der Waals surface area contributed by atoms with Crippen molar-refractivity contribution in [3.05, 3.63) is 11.6 Å². The predicted molar refractivity (Wildman–Crippen MR) is 52.2 cm³/mol. The average molecular weight is 168 g/mol. The summed E-state index contributed by atoms with van der Waals surface area (Å²) in [6, 6.07) is 0. The lowest BCUT2D eigenvalue weighted by Gasteiger charge is -2.02. The number of hydrogen-bond acceptors (Lipinski definition) is 1. The minimum absolute atomic E-state index is 0.209. The van der Waals surface area contributed by atoms with Crippen LogP contribution in [0.15, 0.2) is 11.6 Å². The molecule has 0 aromatic rings. The highest BCUT2D eigenvalue weighted by Gasteiger charge is 2.49. The summed E-state index contributed by atoms with van der Waals surface area (Å²) in [6.07, 6.45) is 6.32. The molecule has 0 aliphatic carbocycles. The highest BCUT2D eigenvalue weighted by molar-refractivity contribution is 5.01. The molecule has 0 amide bonds. The summed E-state index contributed by atoms with van der Waals surface area (Å²) >= 11 is 0. The number of hydrogen-bond donors (Lipinski definition) is 0. The van der Waals surface area contributed by atoms with Gasteiger partial charge in [0.1, 0.15) is 0 Å². The minimum Gasteiger partial charge on any atom is -0.366 e. The Labute approximate surface area is 75.8 Å². The Hall–Kier alpha value is -0.300. The van der Waals surface area contributed by atoms with Crippen molar-refractivity contribution in [1.82, 2.24) is 0 Å². The predicted octanol–water partition coefficient (Wildman–Crippen LogP) is 3.30. The molecule has 2 atom stereocenters. The zero-order valence-electron chi connectivity index (χ0n) is 8.68. The molecule has 1 aliphatic heterocycles. The molecular formula is C11H20O. The van der Waals surface area contributed by atoms with Crippen molar-refractivity contribution in [2.75, 3.05) is 0 Å². The summed E-state index contributed by atoms with van der Waals surface area (Å²) < 4.78 is 5.61. The van der Waals surface area contributed by atoms with Crippen LogP contribution in [0, 0.1) is 0 Å². The lowest BCUT2D eigenvalue weighted by molar-refractivity contribution is 0.296. The molecule has 1 saturated heterocycles. The van der Waals surface area contributed by atoms with E-state index in [1.54, 1.807) is 0 Å². The van der Waals surface area contributed by atoms with E-state index in [9.17, 15) is 0 Å². The molecule has 1 nitrogen and oxygen atoms in total.